The van der Waals surface area contributed by atoms with E-state index in [9.17, 15) is 0 Å². The number of rotatable bonds is 2. The summed E-state index contributed by atoms with van der Waals surface area (Å²) >= 11 is 0. The van der Waals surface area contributed by atoms with Crippen molar-refractivity contribution in [2.24, 2.45) is 11.1 Å². The van der Waals surface area contributed by atoms with Gasteiger partial charge >= 0.3 is 0 Å². The molecule has 1 aromatic rings. The normalized spacial score (nSPS) is 27.5. The second kappa shape index (κ2) is 4.58. The first-order chi connectivity index (χ1) is 8.29. The van der Waals surface area contributed by atoms with E-state index in [0.29, 0.717) is 5.41 Å². The third-order valence-electron chi connectivity index (χ3n) is 3.73. The van der Waals surface area contributed by atoms with Crippen molar-refractivity contribution in [2.45, 2.75) is 58.6 Å². The highest BCUT2D eigenvalue weighted by Crippen LogP contribution is 2.41. The maximum atomic E-state index is 6.28. The molecule has 0 radical (unpaired) electrons. The van der Waals surface area contributed by atoms with Gasteiger partial charge in [-0.3, -0.25) is 0 Å². The smallest absolute Gasteiger partial charge is 0.124 e. The zero-order valence-corrected chi connectivity index (χ0v) is 12.0. The van der Waals surface area contributed by atoms with Gasteiger partial charge in [0.15, 0.2) is 0 Å². The summed E-state index contributed by atoms with van der Waals surface area (Å²) in [6.45, 7) is 9.00. The van der Waals surface area contributed by atoms with Gasteiger partial charge in [0, 0.05) is 18.0 Å². The Labute approximate surface area is 111 Å². The van der Waals surface area contributed by atoms with Crippen LogP contribution < -0.4 is 10.5 Å². The number of hydrogen-bond acceptors (Lipinski definition) is 2. The monoisotopic (exact) mass is 247 g/mol. The van der Waals surface area contributed by atoms with Gasteiger partial charge in [-0.05, 0) is 31.2 Å². The highest BCUT2D eigenvalue weighted by Gasteiger charge is 2.36. The molecule has 1 heterocycles. The fraction of sp³-hybridized carbons (Fsp3) is 0.625. The van der Waals surface area contributed by atoms with E-state index in [1.54, 1.807) is 0 Å². The molecule has 100 valence electrons. The highest BCUT2D eigenvalue weighted by molar-refractivity contribution is 5.38. The number of benzene rings is 1. The van der Waals surface area contributed by atoms with E-state index in [1.807, 2.05) is 18.2 Å². The van der Waals surface area contributed by atoms with Crippen LogP contribution in [0.1, 0.15) is 58.6 Å². The summed E-state index contributed by atoms with van der Waals surface area (Å²) in [6.07, 6.45) is 3.11. The first-order valence-corrected chi connectivity index (χ1v) is 6.83. The minimum Gasteiger partial charge on any atom is -0.487 e. The number of nitrogens with two attached hydrogens (primary N) is 1. The SMILES string of the molecule is CC(C)(C)CCC1(C)C[C@@H](N)c2ccccc2O1. The number of fused-ring (bicyclic) bond motifs is 1. The third-order valence-corrected chi connectivity index (χ3v) is 3.73. The van der Waals surface area contributed by atoms with E-state index in [0.717, 1.165) is 30.6 Å². The summed E-state index contributed by atoms with van der Waals surface area (Å²) in [7, 11) is 0. The molecular weight excluding hydrogens is 222 g/mol. The van der Waals surface area contributed by atoms with Gasteiger partial charge in [-0.1, -0.05) is 39.0 Å². The van der Waals surface area contributed by atoms with Gasteiger partial charge in [-0.15, -0.1) is 0 Å². The molecule has 0 saturated heterocycles. The molecule has 0 bridgehead atoms. The summed E-state index contributed by atoms with van der Waals surface area (Å²) < 4.78 is 6.21. The van der Waals surface area contributed by atoms with E-state index in [-0.39, 0.29) is 11.6 Å². The molecule has 0 amide bonds. The second-order valence-corrected chi connectivity index (χ2v) is 6.96. The minimum absolute atomic E-state index is 0.0971. The van der Waals surface area contributed by atoms with Crippen molar-refractivity contribution in [1.29, 1.82) is 0 Å². The quantitative estimate of drug-likeness (QED) is 0.855. The van der Waals surface area contributed by atoms with Crippen molar-refractivity contribution in [3.05, 3.63) is 29.8 Å². The van der Waals surface area contributed by atoms with Crippen molar-refractivity contribution >= 4 is 0 Å². The lowest BCUT2D eigenvalue weighted by Crippen LogP contribution is -2.41. The molecule has 1 unspecified atom stereocenters. The fourth-order valence-corrected chi connectivity index (χ4v) is 2.55. The highest BCUT2D eigenvalue weighted by atomic mass is 16.5. The summed E-state index contributed by atoms with van der Waals surface area (Å²) in [6, 6.07) is 8.24. The van der Waals surface area contributed by atoms with E-state index in [4.69, 9.17) is 10.5 Å². The number of ether oxygens (including phenoxy) is 1. The average Bonchev–Trinajstić information content (AvgIpc) is 2.26. The van der Waals surface area contributed by atoms with Crippen LogP contribution >= 0.6 is 0 Å². The lowest BCUT2D eigenvalue weighted by molar-refractivity contribution is 0.0350. The van der Waals surface area contributed by atoms with Crippen molar-refractivity contribution < 1.29 is 4.74 Å². The molecule has 18 heavy (non-hydrogen) atoms. The Balaban J connectivity index is 2.14. The Bertz CT molecular complexity index is 421. The number of para-hydroxylation sites is 1. The van der Waals surface area contributed by atoms with Gasteiger partial charge in [0.1, 0.15) is 11.4 Å². The molecule has 0 spiro atoms. The molecule has 0 aromatic heterocycles. The largest absolute Gasteiger partial charge is 0.487 e. The predicted octanol–water partition coefficient (Wildman–Crippen LogP) is 4.05. The average molecular weight is 247 g/mol. The summed E-state index contributed by atoms with van der Waals surface area (Å²) in [5.41, 5.74) is 7.64. The standard InChI is InChI=1S/C16H25NO/c1-15(2,3)9-10-16(4)11-13(17)12-7-5-6-8-14(12)18-16/h5-8,13H,9-11,17H2,1-4H3/t13-,16?/m1/s1. The maximum Gasteiger partial charge on any atom is 0.124 e. The van der Waals surface area contributed by atoms with Crippen LogP contribution in [0, 0.1) is 5.41 Å². The summed E-state index contributed by atoms with van der Waals surface area (Å²) in [5, 5.41) is 0. The van der Waals surface area contributed by atoms with Crippen LogP contribution in [-0.2, 0) is 0 Å². The maximum absolute atomic E-state index is 6.28. The van der Waals surface area contributed by atoms with Crippen molar-refractivity contribution in [2.75, 3.05) is 0 Å². The Morgan fingerprint density at radius 3 is 2.67 bits per heavy atom. The number of hydrogen-bond donors (Lipinski definition) is 1. The second-order valence-electron chi connectivity index (χ2n) is 6.96. The zero-order chi connectivity index (χ0) is 13.4. The fourth-order valence-electron chi connectivity index (χ4n) is 2.55. The minimum atomic E-state index is -0.124. The summed E-state index contributed by atoms with van der Waals surface area (Å²) in [4.78, 5) is 0. The first kappa shape index (κ1) is 13.4. The molecule has 1 aliphatic heterocycles. The molecule has 2 rings (SSSR count). The topological polar surface area (TPSA) is 35.2 Å². The van der Waals surface area contributed by atoms with Crippen molar-refractivity contribution in [1.82, 2.24) is 0 Å². The van der Waals surface area contributed by atoms with Gasteiger partial charge < -0.3 is 10.5 Å². The van der Waals surface area contributed by atoms with Crippen molar-refractivity contribution in [3.63, 3.8) is 0 Å². The zero-order valence-electron chi connectivity index (χ0n) is 12.0. The lowest BCUT2D eigenvalue weighted by Gasteiger charge is -2.40. The molecule has 2 nitrogen and oxygen atoms in total. The molecule has 1 aromatic carbocycles. The van der Waals surface area contributed by atoms with Crippen LogP contribution in [-0.4, -0.2) is 5.60 Å². The van der Waals surface area contributed by atoms with Crippen molar-refractivity contribution in [3.8, 4) is 5.75 Å². The molecule has 2 atom stereocenters. The van der Waals surface area contributed by atoms with E-state index in [1.165, 1.54) is 0 Å². The Morgan fingerprint density at radius 2 is 2.00 bits per heavy atom. The van der Waals surface area contributed by atoms with Gasteiger partial charge in [0.25, 0.3) is 0 Å². The van der Waals surface area contributed by atoms with Crippen LogP contribution in [0.2, 0.25) is 0 Å². The van der Waals surface area contributed by atoms with Gasteiger partial charge in [-0.25, -0.2) is 0 Å². The van der Waals surface area contributed by atoms with Crippen LogP contribution in [0.25, 0.3) is 0 Å². The molecule has 2 N–H and O–H groups in total. The molecule has 0 aliphatic carbocycles. The van der Waals surface area contributed by atoms with Gasteiger partial charge in [-0.2, -0.15) is 0 Å². The van der Waals surface area contributed by atoms with Gasteiger partial charge in [0.05, 0.1) is 0 Å². The van der Waals surface area contributed by atoms with Crippen LogP contribution in [0.15, 0.2) is 24.3 Å². The Hall–Kier alpha value is -1.02. The third kappa shape index (κ3) is 3.05. The van der Waals surface area contributed by atoms with E-state index >= 15 is 0 Å². The first-order valence-electron chi connectivity index (χ1n) is 6.83. The molecule has 0 fully saturated rings. The predicted molar refractivity (Wildman–Crippen MR) is 75.7 cm³/mol. The molecule has 0 saturated carbocycles. The molecule has 2 heteroatoms. The van der Waals surface area contributed by atoms with Crippen LogP contribution in [0.4, 0.5) is 0 Å². The lowest BCUT2D eigenvalue weighted by atomic mass is 9.80. The van der Waals surface area contributed by atoms with Gasteiger partial charge in [0.2, 0.25) is 0 Å². The van der Waals surface area contributed by atoms with Crippen LogP contribution in [0.5, 0.6) is 5.75 Å². The Morgan fingerprint density at radius 1 is 1.33 bits per heavy atom. The van der Waals surface area contributed by atoms with E-state index < -0.39 is 0 Å². The molecular formula is C16H25NO. The van der Waals surface area contributed by atoms with Crippen LogP contribution in [0.3, 0.4) is 0 Å². The van der Waals surface area contributed by atoms with E-state index in [2.05, 4.69) is 33.8 Å². The summed E-state index contributed by atoms with van der Waals surface area (Å²) in [5.74, 6) is 0.965. The Kier molecular flexibility index (Phi) is 3.41. The molecule has 1 aliphatic rings.